The number of hydrogen-bond donors (Lipinski definition) is 1. The van der Waals surface area contributed by atoms with Gasteiger partial charge in [0.2, 0.25) is 0 Å². The SMILES string of the molecule is CCCNCc1nccn1CC1COc2ccccc21. The predicted molar refractivity (Wildman–Crippen MR) is 78.9 cm³/mol. The lowest BCUT2D eigenvalue weighted by atomic mass is 10.0. The summed E-state index contributed by atoms with van der Waals surface area (Å²) in [6.07, 6.45) is 5.08. The van der Waals surface area contributed by atoms with Crippen LogP contribution in [-0.4, -0.2) is 22.7 Å². The van der Waals surface area contributed by atoms with Gasteiger partial charge in [-0.15, -0.1) is 0 Å². The zero-order valence-electron chi connectivity index (χ0n) is 11.9. The first-order chi connectivity index (χ1) is 9.88. The number of nitrogens with one attached hydrogen (secondary N) is 1. The second kappa shape index (κ2) is 6.09. The summed E-state index contributed by atoms with van der Waals surface area (Å²) in [5, 5.41) is 3.41. The first-order valence-corrected chi connectivity index (χ1v) is 7.31. The smallest absolute Gasteiger partial charge is 0.122 e. The van der Waals surface area contributed by atoms with Crippen LogP contribution in [0.1, 0.15) is 30.7 Å². The molecular formula is C16H21N3O. The summed E-state index contributed by atoms with van der Waals surface area (Å²) in [4.78, 5) is 4.45. The Bertz CT molecular complexity index is 564. The van der Waals surface area contributed by atoms with Gasteiger partial charge in [-0.3, -0.25) is 0 Å². The number of ether oxygens (including phenoxy) is 1. The van der Waals surface area contributed by atoms with Crippen molar-refractivity contribution in [2.75, 3.05) is 13.2 Å². The minimum Gasteiger partial charge on any atom is -0.493 e. The molecule has 0 amide bonds. The fourth-order valence-corrected chi connectivity index (χ4v) is 2.67. The van der Waals surface area contributed by atoms with Crippen LogP contribution in [0.5, 0.6) is 5.75 Å². The maximum Gasteiger partial charge on any atom is 0.122 e. The first-order valence-electron chi connectivity index (χ1n) is 7.31. The van der Waals surface area contributed by atoms with Crippen molar-refractivity contribution in [1.82, 2.24) is 14.9 Å². The number of para-hydroxylation sites is 1. The van der Waals surface area contributed by atoms with Gasteiger partial charge in [0.25, 0.3) is 0 Å². The Balaban J connectivity index is 1.69. The van der Waals surface area contributed by atoms with Crippen molar-refractivity contribution < 1.29 is 4.74 Å². The highest BCUT2D eigenvalue weighted by molar-refractivity contribution is 5.39. The predicted octanol–water partition coefficient (Wildman–Crippen LogP) is 2.56. The Labute approximate surface area is 119 Å². The summed E-state index contributed by atoms with van der Waals surface area (Å²) < 4.78 is 7.98. The zero-order valence-corrected chi connectivity index (χ0v) is 11.9. The lowest BCUT2D eigenvalue weighted by Gasteiger charge is -2.13. The number of rotatable bonds is 6. The number of imidazole rings is 1. The fourth-order valence-electron chi connectivity index (χ4n) is 2.67. The maximum absolute atomic E-state index is 5.75. The van der Waals surface area contributed by atoms with E-state index in [2.05, 4.69) is 40.1 Å². The van der Waals surface area contributed by atoms with Gasteiger partial charge in [-0.1, -0.05) is 25.1 Å². The molecule has 1 aliphatic rings. The molecule has 20 heavy (non-hydrogen) atoms. The van der Waals surface area contributed by atoms with Crippen LogP contribution in [0.2, 0.25) is 0 Å². The van der Waals surface area contributed by atoms with E-state index in [1.807, 2.05) is 18.3 Å². The van der Waals surface area contributed by atoms with Crippen molar-refractivity contribution >= 4 is 0 Å². The second-order valence-corrected chi connectivity index (χ2v) is 5.22. The molecule has 106 valence electrons. The third kappa shape index (κ3) is 2.70. The largest absolute Gasteiger partial charge is 0.493 e. The van der Waals surface area contributed by atoms with Gasteiger partial charge in [0.1, 0.15) is 11.6 Å². The molecule has 0 radical (unpaired) electrons. The van der Waals surface area contributed by atoms with Crippen LogP contribution >= 0.6 is 0 Å². The summed E-state index contributed by atoms with van der Waals surface area (Å²) in [6.45, 7) is 5.73. The fraction of sp³-hybridized carbons (Fsp3) is 0.438. The molecule has 1 unspecified atom stereocenters. The molecule has 2 aromatic rings. The van der Waals surface area contributed by atoms with Gasteiger partial charge in [-0.2, -0.15) is 0 Å². The molecule has 1 aromatic carbocycles. The Hall–Kier alpha value is -1.81. The minimum atomic E-state index is 0.422. The van der Waals surface area contributed by atoms with Crippen molar-refractivity contribution in [3.05, 3.63) is 48.0 Å². The highest BCUT2D eigenvalue weighted by atomic mass is 16.5. The van der Waals surface area contributed by atoms with Crippen LogP contribution in [0.4, 0.5) is 0 Å². The Morgan fingerprint density at radius 1 is 1.40 bits per heavy atom. The van der Waals surface area contributed by atoms with E-state index in [9.17, 15) is 0 Å². The molecule has 2 heterocycles. The van der Waals surface area contributed by atoms with E-state index in [4.69, 9.17) is 4.74 Å². The minimum absolute atomic E-state index is 0.422. The van der Waals surface area contributed by atoms with Gasteiger partial charge in [-0.05, 0) is 19.0 Å². The maximum atomic E-state index is 5.75. The van der Waals surface area contributed by atoms with Gasteiger partial charge in [0.05, 0.1) is 13.2 Å². The Kier molecular flexibility index (Phi) is 4.02. The molecule has 0 saturated carbocycles. The molecule has 4 nitrogen and oxygen atoms in total. The third-order valence-corrected chi connectivity index (χ3v) is 3.73. The van der Waals surface area contributed by atoms with Gasteiger partial charge in [0, 0.05) is 30.4 Å². The molecule has 1 aromatic heterocycles. The molecule has 0 bridgehead atoms. The second-order valence-electron chi connectivity index (χ2n) is 5.22. The van der Waals surface area contributed by atoms with Gasteiger partial charge >= 0.3 is 0 Å². The lowest BCUT2D eigenvalue weighted by Crippen LogP contribution is -2.19. The molecule has 1 N–H and O–H groups in total. The summed E-state index contributed by atoms with van der Waals surface area (Å²) >= 11 is 0. The molecule has 0 spiro atoms. The molecule has 3 rings (SSSR count). The number of benzene rings is 1. The average Bonchev–Trinajstić information content (AvgIpc) is 3.08. The van der Waals surface area contributed by atoms with E-state index in [0.717, 1.165) is 44.2 Å². The number of fused-ring (bicyclic) bond motifs is 1. The lowest BCUT2D eigenvalue weighted by molar-refractivity contribution is 0.317. The molecular weight excluding hydrogens is 250 g/mol. The third-order valence-electron chi connectivity index (χ3n) is 3.73. The van der Waals surface area contributed by atoms with Gasteiger partial charge in [-0.25, -0.2) is 4.98 Å². The number of nitrogens with zero attached hydrogens (tertiary/aromatic N) is 2. The van der Waals surface area contributed by atoms with E-state index in [-0.39, 0.29) is 0 Å². The van der Waals surface area contributed by atoms with Crippen molar-refractivity contribution in [2.24, 2.45) is 0 Å². The van der Waals surface area contributed by atoms with Gasteiger partial charge in [0.15, 0.2) is 0 Å². The Morgan fingerprint density at radius 2 is 2.30 bits per heavy atom. The monoisotopic (exact) mass is 271 g/mol. The van der Waals surface area contributed by atoms with Crippen LogP contribution in [-0.2, 0) is 13.1 Å². The molecule has 0 aliphatic carbocycles. The molecule has 4 heteroatoms. The summed E-state index contributed by atoms with van der Waals surface area (Å²) in [5.41, 5.74) is 1.31. The highest BCUT2D eigenvalue weighted by Crippen LogP contribution is 2.34. The average molecular weight is 271 g/mol. The van der Waals surface area contributed by atoms with E-state index >= 15 is 0 Å². The van der Waals surface area contributed by atoms with E-state index < -0.39 is 0 Å². The van der Waals surface area contributed by atoms with Gasteiger partial charge < -0.3 is 14.6 Å². The molecule has 0 fully saturated rings. The van der Waals surface area contributed by atoms with Crippen molar-refractivity contribution in [3.63, 3.8) is 0 Å². The van der Waals surface area contributed by atoms with Crippen LogP contribution in [0.15, 0.2) is 36.7 Å². The standard InChI is InChI=1S/C16H21N3O/c1-2-7-17-10-16-18-8-9-19(16)11-13-12-20-15-6-4-3-5-14(13)15/h3-6,8-9,13,17H,2,7,10-12H2,1H3. The number of aromatic nitrogens is 2. The van der Waals surface area contributed by atoms with Crippen LogP contribution < -0.4 is 10.1 Å². The zero-order chi connectivity index (χ0) is 13.8. The van der Waals surface area contributed by atoms with E-state index in [1.54, 1.807) is 0 Å². The molecule has 1 atom stereocenters. The molecule has 0 saturated heterocycles. The summed E-state index contributed by atoms with van der Waals surface area (Å²) in [6, 6.07) is 8.32. The van der Waals surface area contributed by atoms with Crippen molar-refractivity contribution in [2.45, 2.75) is 32.4 Å². The summed E-state index contributed by atoms with van der Waals surface area (Å²) in [5.74, 6) is 2.55. The topological polar surface area (TPSA) is 39.1 Å². The van der Waals surface area contributed by atoms with E-state index in [1.165, 1.54) is 5.56 Å². The van der Waals surface area contributed by atoms with Crippen molar-refractivity contribution in [3.8, 4) is 5.75 Å². The van der Waals surface area contributed by atoms with Crippen molar-refractivity contribution in [1.29, 1.82) is 0 Å². The normalized spacial score (nSPS) is 16.9. The van der Waals surface area contributed by atoms with Crippen LogP contribution in [0, 0.1) is 0 Å². The van der Waals surface area contributed by atoms with Crippen LogP contribution in [0.3, 0.4) is 0 Å². The van der Waals surface area contributed by atoms with E-state index in [0.29, 0.717) is 5.92 Å². The highest BCUT2D eigenvalue weighted by Gasteiger charge is 2.24. The Morgan fingerprint density at radius 3 is 3.20 bits per heavy atom. The van der Waals surface area contributed by atoms with Crippen LogP contribution in [0.25, 0.3) is 0 Å². The molecule has 1 aliphatic heterocycles. The quantitative estimate of drug-likeness (QED) is 0.821. The first kappa shape index (κ1) is 13.2. The number of hydrogen-bond acceptors (Lipinski definition) is 3. The summed E-state index contributed by atoms with van der Waals surface area (Å²) in [7, 11) is 0.